The number of fused-ring (bicyclic) bond motifs is 1. The second kappa shape index (κ2) is 16.5. The van der Waals surface area contributed by atoms with E-state index in [4.69, 9.17) is 47.6 Å². The van der Waals surface area contributed by atoms with Crippen LogP contribution in [0.15, 0.2) is 66.9 Å². The van der Waals surface area contributed by atoms with Gasteiger partial charge in [-0.15, -0.1) is 0 Å². The number of nitrogens with one attached hydrogen (secondary N) is 2. The second-order valence-electron chi connectivity index (χ2n) is 11.6. The molecule has 48 heavy (non-hydrogen) atoms. The number of benzene rings is 4. The Morgan fingerprint density at radius 2 is 1.54 bits per heavy atom. The molecule has 1 heterocycles. The number of nitrogens with zero attached hydrogens (tertiary/aromatic N) is 2. The molecular formula is C37H42Cl2N4O5. The van der Waals surface area contributed by atoms with Gasteiger partial charge >= 0.3 is 0 Å². The zero-order chi connectivity index (χ0) is 34.2. The van der Waals surface area contributed by atoms with Gasteiger partial charge in [-0.05, 0) is 65.9 Å². The lowest BCUT2D eigenvalue weighted by atomic mass is 9.94. The van der Waals surface area contributed by atoms with E-state index in [-0.39, 0.29) is 19.3 Å². The molecule has 0 aliphatic heterocycles. The molecule has 1 aromatic heterocycles. The zero-order valence-electron chi connectivity index (χ0n) is 27.6. The normalized spacial score (nSPS) is 12.0. The first-order valence-electron chi connectivity index (χ1n) is 15.8. The first-order chi connectivity index (χ1) is 23.3. The first-order valence-corrected chi connectivity index (χ1v) is 16.6. The molecule has 0 amide bonds. The molecule has 5 aromatic rings. The van der Waals surface area contributed by atoms with Crippen LogP contribution < -0.4 is 24.8 Å². The molecule has 5 rings (SSSR count). The van der Waals surface area contributed by atoms with E-state index in [0.29, 0.717) is 54.3 Å². The third-order valence-corrected chi connectivity index (χ3v) is 9.08. The Morgan fingerprint density at radius 3 is 2.29 bits per heavy atom. The van der Waals surface area contributed by atoms with Crippen molar-refractivity contribution in [2.24, 2.45) is 0 Å². The van der Waals surface area contributed by atoms with Crippen molar-refractivity contribution < 1.29 is 24.4 Å². The minimum absolute atomic E-state index is 0.0406. The van der Waals surface area contributed by atoms with Gasteiger partial charge in [-0.3, -0.25) is 4.68 Å². The number of hydrogen-bond acceptors (Lipinski definition) is 8. The standard InChI is InChI=1S/C37H42Cl2N4O5/c1-23(21-45)41-18-27-13-32(38)28(15-35(27)46-3)20-43-34-10-6-9-30(31(34)19-42-43)29-8-5-7-25(24(29)2)22-48-37-16-36(47-4)26(14-33(37)39)17-40-11-12-44/h5-10,13-16,19,23,40-41,44-45H,11-12,17-18,20-22H2,1-4H3. The number of hydrogen-bond donors (Lipinski definition) is 4. The molecule has 11 heteroatoms. The van der Waals surface area contributed by atoms with E-state index in [2.05, 4.69) is 41.8 Å². The molecule has 0 radical (unpaired) electrons. The molecule has 1 unspecified atom stereocenters. The SMILES string of the molecule is COc1cc(OCc2cccc(-c3cccc4c3cnn4Cc3cc(OC)c(CNC(C)CO)cc3Cl)c2C)c(Cl)cc1CNCCO. The highest BCUT2D eigenvalue weighted by atomic mass is 35.5. The van der Waals surface area contributed by atoms with Crippen LogP contribution in [0, 0.1) is 6.92 Å². The quantitative estimate of drug-likeness (QED) is 0.0867. The number of rotatable bonds is 16. The minimum Gasteiger partial charge on any atom is -0.496 e. The third kappa shape index (κ3) is 8.06. The van der Waals surface area contributed by atoms with Gasteiger partial charge in [0.2, 0.25) is 0 Å². The Morgan fingerprint density at radius 1 is 0.833 bits per heavy atom. The summed E-state index contributed by atoms with van der Waals surface area (Å²) in [6, 6.07) is 19.9. The van der Waals surface area contributed by atoms with Crippen LogP contribution in [-0.4, -0.2) is 60.0 Å². The highest BCUT2D eigenvalue weighted by Gasteiger charge is 2.17. The van der Waals surface area contributed by atoms with Crippen molar-refractivity contribution in [3.05, 3.63) is 105 Å². The Balaban J connectivity index is 1.37. The predicted molar refractivity (Wildman–Crippen MR) is 192 cm³/mol. The van der Waals surface area contributed by atoms with Gasteiger partial charge in [0.1, 0.15) is 23.9 Å². The third-order valence-electron chi connectivity index (χ3n) is 8.43. The average Bonchev–Trinajstić information content (AvgIpc) is 3.51. The number of ether oxygens (including phenoxy) is 3. The number of aromatic nitrogens is 2. The van der Waals surface area contributed by atoms with Crippen molar-refractivity contribution in [3.63, 3.8) is 0 Å². The molecule has 0 fully saturated rings. The summed E-state index contributed by atoms with van der Waals surface area (Å²) >= 11 is 13.4. The number of halogens is 2. The smallest absolute Gasteiger partial charge is 0.142 e. The van der Waals surface area contributed by atoms with Crippen LogP contribution in [-0.2, 0) is 26.2 Å². The lowest BCUT2D eigenvalue weighted by Gasteiger charge is -2.16. The van der Waals surface area contributed by atoms with Crippen LogP contribution in [0.3, 0.4) is 0 Å². The summed E-state index contributed by atoms with van der Waals surface area (Å²) in [6.45, 7) is 6.43. The summed E-state index contributed by atoms with van der Waals surface area (Å²) in [5.74, 6) is 1.92. The van der Waals surface area contributed by atoms with Crippen LogP contribution in [0.5, 0.6) is 17.2 Å². The highest BCUT2D eigenvalue weighted by molar-refractivity contribution is 6.32. The fourth-order valence-corrected chi connectivity index (χ4v) is 6.15. The van der Waals surface area contributed by atoms with Gasteiger partial charge in [0.15, 0.2) is 0 Å². The molecular weight excluding hydrogens is 651 g/mol. The Bertz CT molecular complexity index is 1860. The molecule has 0 aliphatic rings. The van der Waals surface area contributed by atoms with Gasteiger partial charge in [0.25, 0.3) is 0 Å². The first kappa shape index (κ1) is 35.5. The fraction of sp³-hybridized carbons (Fsp3) is 0.324. The van der Waals surface area contributed by atoms with E-state index >= 15 is 0 Å². The van der Waals surface area contributed by atoms with Crippen LogP contribution in [0.1, 0.15) is 34.7 Å². The second-order valence-corrected chi connectivity index (χ2v) is 12.4. The zero-order valence-corrected chi connectivity index (χ0v) is 29.2. The van der Waals surface area contributed by atoms with Crippen molar-refractivity contribution in [3.8, 4) is 28.4 Å². The van der Waals surface area contributed by atoms with Crippen molar-refractivity contribution in [2.75, 3.05) is 34.0 Å². The molecule has 0 bridgehead atoms. The summed E-state index contributed by atoms with van der Waals surface area (Å²) in [5, 5.41) is 31.8. The van der Waals surface area contributed by atoms with Gasteiger partial charge in [0, 0.05) is 53.3 Å². The van der Waals surface area contributed by atoms with E-state index in [9.17, 15) is 5.11 Å². The minimum atomic E-state index is -0.0406. The summed E-state index contributed by atoms with van der Waals surface area (Å²) in [7, 11) is 3.25. The maximum Gasteiger partial charge on any atom is 0.142 e. The molecule has 4 N–H and O–H groups in total. The predicted octanol–water partition coefficient (Wildman–Crippen LogP) is 6.52. The highest BCUT2D eigenvalue weighted by Crippen LogP contribution is 2.36. The van der Waals surface area contributed by atoms with E-state index in [1.165, 1.54) is 0 Å². The van der Waals surface area contributed by atoms with E-state index in [1.54, 1.807) is 20.3 Å². The fourth-order valence-electron chi connectivity index (χ4n) is 5.66. The molecule has 0 spiro atoms. The Kier molecular flexibility index (Phi) is 12.2. The molecule has 0 saturated carbocycles. The van der Waals surface area contributed by atoms with Gasteiger partial charge < -0.3 is 35.1 Å². The van der Waals surface area contributed by atoms with Gasteiger partial charge in [0.05, 0.1) is 50.7 Å². The van der Waals surface area contributed by atoms with Crippen LogP contribution in [0.4, 0.5) is 0 Å². The van der Waals surface area contributed by atoms with Gasteiger partial charge in [-0.2, -0.15) is 5.10 Å². The van der Waals surface area contributed by atoms with E-state index in [0.717, 1.165) is 55.6 Å². The van der Waals surface area contributed by atoms with E-state index in [1.807, 2.05) is 48.1 Å². The Labute approximate surface area is 291 Å². The lowest BCUT2D eigenvalue weighted by Crippen LogP contribution is -2.28. The van der Waals surface area contributed by atoms with Crippen molar-refractivity contribution in [2.45, 2.75) is 46.1 Å². The van der Waals surface area contributed by atoms with Crippen LogP contribution >= 0.6 is 23.2 Å². The lowest BCUT2D eigenvalue weighted by molar-refractivity contribution is 0.250. The van der Waals surface area contributed by atoms with Crippen molar-refractivity contribution >= 4 is 34.1 Å². The number of aliphatic hydroxyl groups excluding tert-OH is 2. The van der Waals surface area contributed by atoms with Crippen LogP contribution in [0.25, 0.3) is 22.0 Å². The maximum atomic E-state index is 9.37. The summed E-state index contributed by atoms with van der Waals surface area (Å²) in [5.41, 5.74) is 7.96. The molecule has 9 nitrogen and oxygen atoms in total. The molecule has 4 aromatic carbocycles. The van der Waals surface area contributed by atoms with Crippen molar-refractivity contribution in [1.82, 2.24) is 20.4 Å². The summed E-state index contributed by atoms with van der Waals surface area (Å²) in [6.07, 6.45) is 1.90. The maximum absolute atomic E-state index is 9.37. The molecule has 0 aliphatic carbocycles. The number of aliphatic hydroxyl groups is 2. The summed E-state index contributed by atoms with van der Waals surface area (Å²) < 4.78 is 19.4. The van der Waals surface area contributed by atoms with Gasteiger partial charge in [-0.1, -0.05) is 53.5 Å². The molecule has 1 atom stereocenters. The van der Waals surface area contributed by atoms with Gasteiger partial charge in [-0.25, -0.2) is 0 Å². The van der Waals surface area contributed by atoms with Crippen LogP contribution in [0.2, 0.25) is 10.0 Å². The molecule has 0 saturated heterocycles. The summed E-state index contributed by atoms with van der Waals surface area (Å²) in [4.78, 5) is 0. The largest absolute Gasteiger partial charge is 0.496 e. The topological polar surface area (TPSA) is 110 Å². The van der Waals surface area contributed by atoms with E-state index < -0.39 is 0 Å². The Hall–Kier alpha value is -3.83. The van der Waals surface area contributed by atoms with Crippen molar-refractivity contribution in [1.29, 1.82) is 0 Å². The average molecular weight is 694 g/mol. The monoisotopic (exact) mass is 692 g/mol. The molecule has 254 valence electrons. The number of methoxy groups -OCH3 is 2.